The largest absolute Gasteiger partial charge is 0.300 e. The number of nitrogens with zero attached hydrogens (tertiary/aromatic N) is 3. The van der Waals surface area contributed by atoms with Gasteiger partial charge in [-0.1, -0.05) is 18.2 Å². The van der Waals surface area contributed by atoms with Gasteiger partial charge in [-0.2, -0.15) is 0 Å². The van der Waals surface area contributed by atoms with Crippen LogP contribution in [0.4, 0.5) is 4.39 Å². The van der Waals surface area contributed by atoms with Gasteiger partial charge in [0, 0.05) is 23.5 Å². The van der Waals surface area contributed by atoms with Crippen molar-refractivity contribution < 1.29 is 4.39 Å². The lowest BCUT2D eigenvalue weighted by Crippen LogP contribution is -1.90. The maximum absolute atomic E-state index is 13.4. The Hall–Kier alpha value is -3.01. The van der Waals surface area contributed by atoms with Crippen molar-refractivity contribution in [3.8, 4) is 22.5 Å². The lowest BCUT2D eigenvalue weighted by atomic mass is 10.1. The molecule has 0 saturated carbocycles. The number of aromatic nitrogens is 3. The van der Waals surface area contributed by atoms with Crippen LogP contribution in [0.3, 0.4) is 0 Å². The minimum Gasteiger partial charge on any atom is -0.300 e. The average Bonchev–Trinajstić information content (AvgIpc) is 2.99. The average molecular weight is 289 g/mol. The molecule has 0 fully saturated rings. The Labute approximate surface area is 126 Å². The van der Waals surface area contributed by atoms with Crippen molar-refractivity contribution >= 4 is 5.65 Å². The number of imidazole rings is 1. The first-order valence-corrected chi connectivity index (χ1v) is 6.96. The molecule has 4 aromatic rings. The highest BCUT2D eigenvalue weighted by molar-refractivity contribution is 5.69. The summed E-state index contributed by atoms with van der Waals surface area (Å²) in [5.74, 6) is -0.252. The number of fused-ring (bicyclic) bond motifs is 1. The number of halogens is 1. The maximum Gasteiger partial charge on any atom is 0.137 e. The highest BCUT2D eigenvalue weighted by atomic mass is 19.1. The van der Waals surface area contributed by atoms with Crippen LogP contribution in [-0.4, -0.2) is 14.4 Å². The van der Waals surface area contributed by atoms with E-state index in [1.807, 2.05) is 47.0 Å². The first-order valence-electron chi connectivity index (χ1n) is 6.96. The van der Waals surface area contributed by atoms with E-state index in [2.05, 4.69) is 9.97 Å². The van der Waals surface area contributed by atoms with Gasteiger partial charge < -0.3 is 0 Å². The van der Waals surface area contributed by atoms with E-state index < -0.39 is 0 Å². The Morgan fingerprint density at radius 2 is 1.82 bits per heavy atom. The Morgan fingerprint density at radius 1 is 0.864 bits per heavy atom. The fraction of sp³-hybridized carbons (Fsp3) is 0. The van der Waals surface area contributed by atoms with Crippen molar-refractivity contribution in [1.82, 2.24) is 14.4 Å². The van der Waals surface area contributed by atoms with E-state index in [1.165, 1.54) is 12.1 Å². The van der Waals surface area contributed by atoms with Crippen molar-refractivity contribution in [2.24, 2.45) is 0 Å². The lowest BCUT2D eigenvalue weighted by molar-refractivity contribution is 0.628. The quantitative estimate of drug-likeness (QED) is 0.553. The van der Waals surface area contributed by atoms with Crippen LogP contribution < -0.4 is 0 Å². The molecular formula is C18H12FN3. The van der Waals surface area contributed by atoms with Gasteiger partial charge in [0.25, 0.3) is 0 Å². The van der Waals surface area contributed by atoms with Crippen molar-refractivity contribution in [3.63, 3.8) is 0 Å². The van der Waals surface area contributed by atoms with E-state index in [-0.39, 0.29) is 5.82 Å². The van der Waals surface area contributed by atoms with Gasteiger partial charge in [0.05, 0.1) is 17.6 Å². The first-order chi connectivity index (χ1) is 10.8. The summed E-state index contributed by atoms with van der Waals surface area (Å²) >= 11 is 0. The molecule has 0 aliphatic rings. The summed E-state index contributed by atoms with van der Waals surface area (Å²) in [5.41, 5.74) is 4.38. The molecule has 0 atom stereocenters. The fourth-order valence-corrected chi connectivity index (χ4v) is 2.53. The van der Waals surface area contributed by atoms with Gasteiger partial charge in [0.1, 0.15) is 11.5 Å². The van der Waals surface area contributed by atoms with Crippen LogP contribution in [0.5, 0.6) is 0 Å². The van der Waals surface area contributed by atoms with E-state index in [1.54, 1.807) is 18.5 Å². The first kappa shape index (κ1) is 12.7. The van der Waals surface area contributed by atoms with Crippen LogP contribution in [0.25, 0.3) is 28.2 Å². The summed E-state index contributed by atoms with van der Waals surface area (Å²) in [6.45, 7) is 0. The molecular weight excluding hydrogens is 277 g/mol. The molecule has 22 heavy (non-hydrogen) atoms. The molecule has 0 saturated heterocycles. The van der Waals surface area contributed by atoms with Gasteiger partial charge >= 0.3 is 0 Å². The molecule has 3 aromatic heterocycles. The summed E-state index contributed by atoms with van der Waals surface area (Å²) in [6, 6.07) is 16.3. The predicted octanol–water partition coefficient (Wildman–Crippen LogP) is 4.20. The third kappa shape index (κ3) is 2.15. The summed E-state index contributed by atoms with van der Waals surface area (Å²) in [4.78, 5) is 8.77. The Kier molecular flexibility index (Phi) is 2.93. The van der Waals surface area contributed by atoms with Crippen molar-refractivity contribution in [2.75, 3.05) is 0 Å². The Morgan fingerprint density at radius 3 is 2.64 bits per heavy atom. The summed E-state index contributed by atoms with van der Waals surface area (Å²) in [5, 5.41) is 0. The van der Waals surface area contributed by atoms with Crippen molar-refractivity contribution in [1.29, 1.82) is 0 Å². The molecule has 0 aliphatic carbocycles. The van der Waals surface area contributed by atoms with Gasteiger partial charge in [0.15, 0.2) is 0 Å². The predicted molar refractivity (Wildman–Crippen MR) is 83.8 cm³/mol. The van der Waals surface area contributed by atoms with Crippen molar-refractivity contribution in [2.45, 2.75) is 0 Å². The topological polar surface area (TPSA) is 30.2 Å². The number of benzene rings is 1. The second-order valence-corrected chi connectivity index (χ2v) is 5.01. The van der Waals surface area contributed by atoms with Gasteiger partial charge in [-0.25, -0.2) is 9.37 Å². The third-order valence-corrected chi connectivity index (χ3v) is 3.59. The van der Waals surface area contributed by atoms with Crippen LogP contribution in [0, 0.1) is 5.82 Å². The molecule has 4 heteroatoms. The van der Waals surface area contributed by atoms with Crippen molar-refractivity contribution in [3.05, 3.63) is 79.0 Å². The van der Waals surface area contributed by atoms with Gasteiger partial charge in [-0.15, -0.1) is 0 Å². The second-order valence-electron chi connectivity index (χ2n) is 5.01. The summed E-state index contributed by atoms with van der Waals surface area (Å²) in [6.07, 6.45) is 5.46. The standard InChI is InChI=1S/C18H12FN3/c19-15-5-3-4-14(10-15)17-12-21-18-11-13(7-9-22(17)18)16-6-1-2-8-20-16/h1-12H. The molecule has 1 aromatic carbocycles. The van der Waals surface area contributed by atoms with E-state index in [4.69, 9.17) is 0 Å². The van der Waals surface area contributed by atoms with Crippen LogP contribution in [0.15, 0.2) is 73.2 Å². The van der Waals surface area contributed by atoms with E-state index >= 15 is 0 Å². The van der Waals surface area contributed by atoms with E-state index in [0.717, 1.165) is 28.2 Å². The number of pyridine rings is 2. The molecule has 0 amide bonds. The smallest absolute Gasteiger partial charge is 0.137 e. The third-order valence-electron chi connectivity index (χ3n) is 3.59. The highest BCUT2D eigenvalue weighted by Crippen LogP contribution is 2.24. The second kappa shape index (κ2) is 5.07. The Balaban J connectivity index is 1.84. The number of hydrogen-bond acceptors (Lipinski definition) is 2. The fourth-order valence-electron chi connectivity index (χ4n) is 2.53. The molecule has 106 valence electrons. The zero-order valence-corrected chi connectivity index (χ0v) is 11.6. The molecule has 0 bridgehead atoms. The molecule has 0 N–H and O–H groups in total. The molecule has 3 nitrogen and oxygen atoms in total. The van der Waals surface area contributed by atoms with Crippen LogP contribution in [-0.2, 0) is 0 Å². The maximum atomic E-state index is 13.4. The minimum absolute atomic E-state index is 0.252. The SMILES string of the molecule is Fc1cccc(-c2cnc3cc(-c4ccccn4)ccn23)c1. The molecule has 0 spiro atoms. The van der Waals surface area contributed by atoms with E-state index in [9.17, 15) is 4.39 Å². The molecule has 0 radical (unpaired) electrons. The van der Waals surface area contributed by atoms with Gasteiger partial charge in [-0.3, -0.25) is 9.38 Å². The summed E-state index contributed by atoms with van der Waals surface area (Å²) < 4.78 is 15.4. The van der Waals surface area contributed by atoms with Crippen LogP contribution >= 0.6 is 0 Å². The number of hydrogen-bond donors (Lipinski definition) is 0. The molecule has 0 aliphatic heterocycles. The lowest BCUT2D eigenvalue weighted by Gasteiger charge is -2.04. The monoisotopic (exact) mass is 289 g/mol. The number of rotatable bonds is 2. The van der Waals surface area contributed by atoms with Gasteiger partial charge in [-0.05, 0) is 36.4 Å². The van der Waals surface area contributed by atoms with E-state index in [0.29, 0.717) is 0 Å². The highest BCUT2D eigenvalue weighted by Gasteiger charge is 2.08. The molecule has 3 heterocycles. The van der Waals surface area contributed by atoms with Gasteiger partial charge in [0.2, 0.25) is 0 Å². The minimum atomic E-state index is -0.252. The van der Waals surface area contributed by atoms with Crippen LogP contribution in [0.1, 0.15) is 0 Å². The Bertz CT molecular complexity index is 945. The zero-order chi connectivity index (χ0) is 14.9. The normalized spacial score (nSPS) is 11.0. The van der Waals surface area contributed by atoms with Crippen LogP contribution in [0.2, 0.25) is 0 Å². The molecule has 0 unspecified atom stereocenters. The summed E-state index contributed by atoms with van der Waals surface area (Å²) in [7, 11) is 0. The molecule has 4 rings (SSSR count). The zero-order valence-electron chi connectivity index (χ0n) is 11.6.